The van der Waals surface area contributed by atoms with Crippen LogP contribution in [0.25, 0.3) is 11.3 Å². The molecule has 148 valence electrons. The maximum absolute atomic E-state index is 10.5. The number of ether oxygens (including phenoxy) is 1. The van der Waals surface area contributed by atoms with Gasteiger partial charge in [-0.15, -0.1) is 0 Å². The summed E-state index contributed by atoms with van der Waals surface area (Å²) in [6.45, 7) is -0.0582. The molecule has 5 N–H and O–H groups in total. The highest BCUT2D eigenvalue weighted by Gasteiger charge is 2.28. The second kappa shape index (κ2) is 9.41. The third-order valence-corrected chi connectivity index (χ3v) is 5.63. The lowest BCUT2D eigenvalue weighted by Crippen LogP contribution is -2.49. The van der Waals surface area contributed by atoms with E-state index in [1.807, 2.05) is 42.6 Å². The summed E-state index contributed by atoms with van der Waals surface area (Å²) in [4.78, 5) is 5.43. The van der Waals surface area contributed by atoms with Crippen molar-refractivity contribution in [1.29, 1.82) is 0 Å². The predicted molar refractivity (Wildman–Crippen MR) is 112 cm³/mol. The Morgan fingerprint density at radius 3 is 2.25 bits per heavy atom. The van der Waals surface area contributed by atoms with E-state index < -0.39 is 11.6 Å². The molecule has 0 amide bonds. The van der Waals surface area contributed by atoms with Crippen LogP contribution in [0.4, 0.5) is 0 Å². The van der Waals surface area contributed by atoms with E-state index in [0.29, 0.717) is 0 Å². The molecule has 0 fully saturated rings. The zero-order chi connectivity index (χ0) is 20.0. The number of aromatic amines is 1. The van der Waals surface area contributed by atoms with E-state index in [2.05, 4.69) is 29.2 Å². The molecule has 1 heterocycles. The summed E-state index contributed by atoms with van der Waals surface area (Å²) in [5.74, 6) is 0. The summed E-state index contributed by atoms with van der Waals surface area (Å²) in [6.07, 6.45) is 1.38. The molecule has 0 aliphatic carbocycles. The van der Waals surface area contributed by atoms with Gasteiger partial charge in [0.1, 0.15) is 0 Å². The topological polar surface area (TPSA) is 91.5 Å². The van der Waals surface area contributed by atoms with E-state index in [-0.39, 0.29) is 19.6 Å². The first kappa shape index (κ1) is 20.6. The van der Waals surface area contributed by atoms with Crippen molar-refractivity contribution in [1.82, 2.24) is 4.98 Å². The lowest BCUT2D eigenvalue weighted by molar-refractivity contribution is 0.0435. The monoisotopic (exact) mass is 398 g/mol. The van der Waals surface area contributed by atoms with Crippen LogP contribution in [0, 0.1) is 0 Å². The summed E-state index contributed by atoms with van der Waals surface area (Å²) >= 11 is 1.66. The third-order valence-electron chi connectivity index (χ3n) is 4.61. The summed E-state index contributed by atoms with van der Waals surface area (Å²) in [7, 11) is 1.53. The molecule has 6 heteroatoms. The fourth-order valence-electron chi connectivity index (χ4n) is 3.07. The standard InChI is InChI=1S/C22H26N2O3S/c1-27-15-22(23,14-25)13-21(26)17-6-10-19(11-7-17)28-18-8-4-16(5-9-18)20-3-2-12-24-20/h2-12,21,24-26H,13-15,23H2,1H3. The molecule has 3 aromatic rings. The lowest BCUT2D eigenvalue weighted by Gasteiger charge is -2.28. The number of nitrogens with one attached hydrogen (secondary N) is 1. The van der Waals surface area contributed by atoms with Crippen LogP contribution in [-0.4, -0.2) is 41.1 Å². The molecule has 0 spiro atoms. The molecule has 28 heavy (non-hydrogen) atoms. The van der Waals surface area contributed by atoms with Gasteiger partial charge in [-0.05, 0) is 53.9 Å². The Bertz CT molecular complexity index is 851. The first-order chi connectivity index (χ1) is 13.5. The van der Waals surface area contributed by atoms with Crippen molar-refractivity contribution in [2.24, 2.45) is 5.73 Å². The van der Waals surface area contributed by atoms with Gasteiger partial charge in [-0.25, -0.2) is 0 Å². The van der Waals surface area contributed by atoms with Gasteiger partial charge >= 0.3 is 0 Å². The smallest absolute Gasteiger partial charge is 0.0809 e. The number of aliphatic hydroxyl groups is 2. The van der Waals surface area contributed by atoms with Crippen LogP contribution in [0.2, 0.25) is 0 Å². The van der Waals surface area contributed by atoms with Gasteiger partial charge < -0.3 is 25.7 Å². The Labute approximate surface area is 169 Å². The van der Waals surface area contributed by atoms with Crippen molar-refractivity contribution in [2.45, 2.75) is 27.9 Å². The Kier molecular flexibility index (Phi) is 6.93. The molecule has 0 aliphatic heterocycles. The van der Waals surface area contributed by atoms with Crippen molar-refractivity contribution >= 4 is 11.8 Å². The van der Waals surface area contributed by atoms with Crippen LogP contribution in [0.5, 0.6) is 0 Å². The quantitative estimate of drug-likeness (QED) is 0.442. The number of aromatic nitrogens is 1. The minimum absolute atomic E-state index is 0.187. The van der Waals surface area contributed by atoms with Crippen LogP contribution in [0.15, 0.2) is 76.7 Å². The maximum Gasteiger partial charge on any atom is 0.0809 e. The van der Waals surface area contributed by atoms with E-state index >= 15 is 0 Å². The average Bonchev–Trinajstić information content (AvgIpc) is 3.24. The van der Waals surface area contributed by atoms with Crippen molar-refractivity contribution in [3.05, 3.63) is 72.4 Å². The highest BCUT2D eigenvalue weighted by atomic mass is 32.2. The SMILES string of the molecule is COCC(N)(CO)CC(O)c1ccc(Sc2ccc(-c3ccc[nH]3)cc2)cc1. The average molecular weight is 399 g/mol. The van der Waals surface area contributed by atoms with Gasteiger partial charge in [0.2, 0.25) is 0 Å². The summed E-state index contributed by atoms with van der Waals surface area (Å²) in [5, 5.41) is 19.9. The molecule has 0 bridgehead atoms. The summed E-state index contributed by atoms with van der Waals surface area (Å²) in [6, 6.07) is 20.2. The number of aliphatic hydroxyl groups excluding tert-OH is 2. The highest BCUT2D eigenvalue weighted by molar-refractivity contribution is 7.99. The molecule has 5 nitrogen and oxygen atoms in total. The second-order valence-corrected chi connectivity index (χ2v) is 8.10. The summed E-state index contributed by atoms with van der Waals surface area (Å²) in [5.41, 5.74) is 8.15. The fraction of sp³-hybridized carbons (Fsp3) is 0.273. The minimum atomic E-state index is -0.956. The Morgan fingerprint density at radius 2 is 1.71 bits per heavy atom. The van der Waals surface area contributed by atoms with Gasteiger partial charge in [0, 0.05) is 28.8 Å². The highest BCUT2D eigenvalue weighted by Crippen LogP contribution is 2.31. The zero-order valence-electron chi connectivity index (χ0n) is 15.8. The number of H-pyrrole nitrogens is 1. The van der Waals surface area contributed by atoms with Crippen LogP contribution >= 0.6 is 11.8 Å². The number of nitrogens with two attached hydrogens (primary N) is 1. The Morgan fingerprint density at radius 1 is 1.07 bits per heavy atom. The Hall–Kier alpha value is -2.09. The molecule has 2 unspecified atom stereocenters. The van der Waals surface area contributed by atoms with Gasteiger partial charge in [-0.1, -0.05) is 36.0 Å². The molecule has 1 aromatic heterocycles. The molecular formula is C22H26N2O3S. The minimum Gasteiger partial charge on any atom is -0.394 e. The van der Waals surface area contributed by atoms with Crippen LogP contribution in [0.1, 0.15) is 18.1 Å². The van der Waals surface area contributed by atoms with Gasteiger partial charge in [0.05, 0.1) is 24.9 Å². The van der Waals surface area contributed by atoms with Gasteiger partial charge in [-0.2, -0.15) is 0 Å². The molecule has 0 saturated heterocycles. The van der Waals surface area contributed by atoms with Crippen molar-refractivity contribution < 1.29 is 14.9 Å². The first-order valence-electron chi connectivity index (χ1n) is 9.11. The maximum atomic E-state index is 10.5. The van der Waals surface area contributed by atoms with Crippen molar-refractivity contribution in [3.8, 4) is 11.3 Å². The van der Waals surface area contributed by atoms with Crippen LogP contribution in [-0.2, 0) is 4.74 Å². The molecule has 0 radical (unpaired) electrons. The fourth-order valence-corrected chi connectivity index (χ4v) is 3.88. The van der Waals surface area contributed by atoms with E-state index in [9.17, 15) is 10.2 Å². The van der Waals surface area contributed by atoms with Gasteiger partial charge in [0.15, 0.2) is 0 Å². The predicted octanol–water partition coefficient (Wildman–Crippen LogP) is 3.59. The zero-order valence-corrected chi connectivity index (χ0v) is 16.7. The van der Waals surface area contributed by atoms with E-state index in [1.165, 1.54) is 7.11 Å². The normalized spacial score (nSPS) is 14.6. The molecule has 2 atom stereocenters. The van der Waals surface area contributed by atoms with Crippen molar-refractivity contribution in [2.75, 3.05) is 20.3 Å². The van der Waals surface area contributed by atoms with Crippen LogP contribution in [0.3, 0.4) is 0 Å². The Balaban J connectivity index is 1.62. The van der Waals surface area contributed by atoms with Crippen molar-refractivity contribution in [3.63, 3.8) is 0 Å². The van der Waals surface area contributed by atoms with E-state index in [1.54, 1.807) is 11.8 Å². The largest absolute Gasteiger partial charge is 0.394 e. The van der Waals surface area contributed by atoms with E-state index in [0.717, 1.165) is 26.6 Å². The number of rotatable bonds is 9. The number of hydrogen-bond acceptors (Lipinski definition) is 5. The molecule has 3 rings (SSSR count). The number of benzene rings is 2. The van der Waals surface area contributed by atoms with E-state index in [4.69, 9.17) is 10.5 Å². The van der Waals surface area contributed by atoms with Crippen LogP contribution < -0.4 is 5.73 Å². The lowest BCUT2D eigenvalue weighted by atomic mass is 9.92. The third kappa shape index (κ3) is 5.25. The first-order valence-corrected chi connectivity index (χ1v) is 9.93. The molecular weight excluding hydrogens is 372 g/mol. The molecule has 0 aliphatic rings. The number of hydrogen-bond donors (Lipinski definition) is 4. The summed E-state index contributed by atoms with van der Waals surface area (Å²) < 4.78 is 5.05. The molecule has 0 saturated carbocycles. The second-order valence-electron chi connectivity index (χ2n) is 6.95. The van der Waals surface area contributed by atoms with Gasteiger partial charge in [0.25, 0.3) is 0 Å². The number of methoxy groups -OCH3 is 1. The van der Waals surface area contributed by atoms with Gasteiger partial charge in [-0.3, -0.25) is 0 Å². The molecule has 2 aromatic carbocycles.